The highest BCUT2D eigenvalue weighted by atomic mass is 19.1. The Kier molecular flexibility index (Phi) is 6.93. The Labute approximate surface area is 233 Å². The summed E-state index contributed by atoms with van der Waals surface area (Å²) in [4.78, 5) is 38.9. The summed E-state index contributed by atoms with van der Waals surface area (Å²) in [6, 6.07) is 14.5. The van der Waals surface area contributed by atoms with Crippen molar-refractivity contribution < 1.29 is 18.4 Å². The van der Waals surface area contributed by atoms with Crippen molar-refractivity contribution in [2.45, 2.75) is 13.0 Å². The van der Waals surface area contributed by atoms with Crippen LogP contribution in [0.3, 0.4) is 0 Å². The summed E-state index contributed by atoms with van der Waals surface area (Å²) in [5.74, 6) is 0.0743. The number of tetrazole rings is 1. The van der Waals surface area contributed by atoms with Gasteiger partial charge < -0.3 is 14.6 Å². The van der Waals surface area contributed by atoms with E-state index in [1.54, 1.807) is 54.5 Å². The molecular weight excluding hydrogens is 529 g/mol. The zero-order valence-electron chi connectivity index (χ0n) is 22.4. The maximum Gasteiger partial charge on any atom is 0.272 e. The molecule has 0 bridgehead atoms. The van der Waals surface area contributed by atoms with E-state index < -0.39 is 6.04 Å². The molecular formula is C28H26FN9O3. The van der Waals surface area contributed by atoms with Crippen LogP contribution in [0.5, 0.6) is 0 Å². The largest absolute Gasteiger partial charge is 0.436 e. The molecule has 1 N–H and O–H groups in total. The average Bonchev–Trinajstić information content (AvgIpc) is 3.59. The van der Waals surface area contributed by atoms with Gasteiger partial charge in [-0.3, -0.25) is 19.5 Å². The molecule has 1 aliphatic rings. The Morgan fingerprint density at radius 1 is 1.05 bits per heavy atom. The Balaban J connectivity index is 1.18. The molecule has 0 spiro atoms. The molecule has 5 aromatic rings. The van der Waals surface area contributed by atoms with Gasteiger partial charge in [-0.2, -0.15) is 4.80 Å². The molecule has 0 aliphatic carbocycles. The molecule has 1 fully saturated rings. The second-order valence-corrected chi connectivity index (χ2v) is 9.74. The summed E-state index contributed by atoms with van der Waals surface area (Å²) in [6.07, 6.45) is 1.55. The third kappa shape index (κ3) is 5.52. The highest BCUT2D eigenvalue weighted by Gasteiger charge is 2.32. The summed E-state index contributed by atoms with van der Waals surface area (Å²) < 4.78 is 20.0. The van der Waals surface area contributed by atoms with E-state index >= 15 is 0 Å². The standard InChI is InChI=1S/C28H26FN9O3/c1-17(39)31-21-6-7-24-22(16-21)32-27(41-24)19-8-9-30-23(15-19)28(40)38-12-10-37(11-13-38)25(26-33-35-36(2)34-26)18-4-3-5-20(29)14-18/h3-9,14-16,25H,10-13H2,1-2H3,(H,31,39)/t25-/m0/s1. The molecule has 3 aromatic heterocycles. The van der Waals surface area contributed by atoms with Crippen LogP contribution >= 0.6 is 0 Å². The van der Waals surface area contributed by atoms with Crippen LogP contribution in [0.25, 0.3) is 22.6 Å². The van der Waals surface area contributed by atoms with Crippen molar-refractivity contribution >= 4 is 28.6 Å². The summed E-state index contributed by atoms with van der Waals surface area (Å²) in [6.45, 7) is 3.35. The number of nitrogens with zero attached hydrogens (tertiary/aromatic N) is 8. The quantitative estimate of drug-likeness (QED) is 0.335. The van der Waals surface area contributed by atoms with Crippen LogP contribution in [0.15, 0.2) is 65.2 Å². The number of pyridine rings is 1. The van der Waals surface area contributed by atoms with Crippen molar-refractivity contribution in [3.8, 4) is 11.5 Å². The van der Waals surface area contributed by atoms with Gasteiger partial charge in [0.15, 0.2) is 11.4 Å². The maximum atomic E-state index is 14.1. The molecule has 12 nitrogen and oxygen atoms in total. The van der Waals surface area contributed by atoms with Gasteiger partial charge in [0.25, 0.3) is 5.91 Å². The molecule has 208 valence electrons. The van der Waals surface area contributed by atoms with E-state index in [1.165, 1.54) is 23.9 Å². The Bertz CT molecular complexity index is 1740. The SMILES string of the molecule is CC(=O)Nc1ccc2oc(-c3ccnc(C(=O)N4CCN([C@@H](c5cccc(F)c5)c5nnn(C)n5)CC4)c3)nc2c1. The average molecular weight is 556 g/mol. The number of nitrogens with one attached hydrogen (secondary N) is 1. The number of hydrogen-bond donors (Lipinski definition) is 1. The number of carbonyl (C=O) groups is 2. The maximum absolute atomic E-state index is 14.1. The minimum atomic E-state index is -0.400. The Morgan fingerprint density at radius 2 is 1.88 bits per heavy atom. The third-order valence-electron chi connectivity index (χ3n) is 6.83. The Morgan fingerprint density at radius 3 is 2.61 bits per heavy atom. The number of hydrogen-bond acceptors (Lipinski definition) is 9. The first-order valence-corrected chi connectivity index (χ1v) is 13.0. The monoisotopic (exact) mass is 555 g/mol. The fraction of sp³-hybridized carbons (Fsp3) is 0.250. The van der Waals surface area contributed by atoms with Crippen LogP contribution in [0, 0.1) is 5.82 Å². The first-order valence-electron chi connectivity index (χ1n) is 13.0. The third-order valence-corrected chi connectivity index (χ3v) is 6.83. The van der Waals surface area contributed by atoms with Crippen molar-refractivity contribution in [2.24, 2.45) is 7.05 Å². The number of aromatic nitrogens is 6. The first-order chi connectivity index (χ1) is 19.8. The van der Waals surface area contributed by atoms with Gasteiger partial charge >= 0.3 is 0 Å². The molecule has 2 amide bonds. The van der Waals surface area contributed by atoms with Gasteiger partial charge in [0.1, 0.15) is 17.0 Å². The van der Waals surface area contributed by atoms with Gasteiger partial charge in [0, 0.05) is 50.6 Å². The molecule has 0 unspecified atom stereocenters. The molecule has 6 rings (SSSR count). The van der Waals surface area contributed by atoms with E-state index in [1.807, 2.05) is 6.07 Å². The van der Waals surface area contributed by atoms with Gasteiger partial charge in [-0.25, -0.2) is 9.37 Å². The minimum Gasteiger partial charge on any atom is -0.436 e. The van der Waals surface area contributed by atoms with E-state index in [2.05, 4.69) is 35.6 Å². The lowest BCUT2D eigenvalue weighted by atomic mass is 10.0. The molecule has 41 heavy (non-hydrogen) atoms. The van der Waals surface area contributed by atoms with Crippen LogP contribution < -0.4 is 5.32 Å². The van der Waals surface area contributed by atoms with E-state index in [0.717, 1.165) is 5.56 Å². The van der Waals surface area contributed by atoms with Crippen LogP contribution in [0.4, 0.5) is 10.1 Å². The number of anilines is 1. The van der Waals surface area contributed by atoms with Crippen molar-refractivity contribution in [3.63, 3.8) is 0 Å². The normalized spacial score (nSPS) is 14.8. The lowest BCUT2D eigenvalue weighted by molar-refractivity contribution is -0.114. The molecule has 0 radical (unpaired) electrons. The zero-order valence-corrected chi connectivity index (χ0v) is 22.4. The van der Waals surface area contributed by atoms with Gasteiger partial charge in [-0.1, -0.05) is 12.1 Å². The second kappa shape index (κ2) is 10.8. The van der Waals surface area contributed by atoms with Crippen LogP contribution in [-0.4, -0.2) is 78.0 Å². The topological polar surface area (TPSA) is 135 Å². The fourth-order valence-electron chi connectivity index (χ4n) is 4.97. The minimum absolute atomic E-state index is 0.180. The van der Waals surface area contributed by atoms with Crippen LogP contribution in [-0.2, 0) is 11.8 Å². The van der Waals surface area contributed by atoms with E-state index in [0.29, 0.717) is 60.2 Å². The molecule has 1 saturated heterocycles. The number of halogens is 1. The number of aryl methyl sites for hydroxylation is 1. The van der Waals surface area contributed by atoms with Gasteiger partial charge in [-0.05, 0) is 53.2 Å². The van der Waals surface area contributed by atoms with Gasteiger partial charge in [0.05, 0.1) is 13.1 Å². The second-order valence-electron chi connectivity index (χ2n) is 9.74. The smallest absolute Gasteiger partial charge is 0.272 e. The molecule has 13 heteroatoms. The van der Waals surface area contributed by atoms with Crippen molar-refractivity contribution in [3.05, 3.63) is 83.7 Å². The lowest BCUT2D eigenvalue weighted by Crippen LogP contribution is -2.50. The number of rotatable bonds is 6. The number of amides is 2. The molecule has 1 atom stereocenters. The summed E-state index contributed by atoms with van der Waals surface area (Å²) >= 11 is 0. The number of oxazole rings is 1. The van der Waals surface area contributed by atoms with E-state index in [9.17, 15) is 14.0 Å². The molecule has 0 saturated carbocycles. The molecule has 2 aromatic carbocycles. The predicted octanol–water partition coefficient (Wildman–Crippen LogP) is 3.06. The van der Waals surface area contributed by atoms with Crippen LogP contribution in [0.1, 0.15) is 34.8 Å². The van der Waals surface area contributed by atoms with Crippen molar-refractivity contribution in [2.75, 3.05) is 31.5 Å². The first kappa shape index (κ1) is 26.2. The van der Waals surface area contributed by atoms with E-state index in [-0.39, 0.29) is 23.3 Å². The highest BCUT2D eigenvalue weighted by molar-refractivity contribution is 5.94. The Hall–Kier alpha value is -5.04. The summed E-state index contributed by atoms with van der Waals surface area (Å²) in [7, 11) is 1.68. The summed E-state index contributed by atoms with van der Waals surface area (Å²) in [5.41, 5.74) is 3.35. The highest BCUT2D eigenvalue weighted by Crippen LogP contribution is 2.29. The number of fused-ring (bicyclic) bond motifs is 1. The molecule has 1 aliphatic heterocycles. The zero-order chi connectivity index (χ0) is 28.5. The van der Waals surface area contributed by atoms with Crippen molar-refractivity contribution in [1.29, 1.82) is 0 Å². The van der Waals surface area contributed by atoms with Gasteiger partial charge in [-0.15, -0.1) is 10.2 Å². The van der Waals surface area contributed by atoms with E-state index in [4.69, 9.17) is 4.42 Å². The predicted molar refractivity (Wildman–Crippen MR) is 146 cm³/mol. The number of benzene rings is 2. The summed E-state index contributed by atoms with van der Waals surface area (Å²) in [5, 5.41) is 15.2. The van der Waals surface area contributed by atoms with Crippen molar-refractivity contribution in [1.82, 2.24) is 40.0 Å². The number of carbonyl (C=O) groups excluding carboxylic acids is 2. The number of piperazine rings is 1. The fourth-order valence-corrected chi connectivity index (χ4v) is 4.97. The molecule has 4 heterocycles. The van der Waals surface area contributed by atoms with Crippen LogP contribution in [0.2, 0.25) is 0 Å². The van der Waals surface area contributed by atoms with Gasteiger partial charge in [0.2, 0.25) is 11.8 Å². The lowest BCUT2D eigenvalue weighted by Gasteiger charge is -2.38.